The number of ether oxygens (including phenoxy) is 1. The third kappa shape index (κ3) is 4.41. The van der Waals surface area contributed by atoms with E-state index in [1.165, 1.54) is 49.5 Å². The molecule has 0 spiro atoms. The Balaban J connectivity index is 1.27. The van der Waals surface area contributed by atoms with Crippen LogP contribution in [0.5, 0.6) is 0 Å². The lowest BCUT2D eigenvalue weighted by atomic mass is 9.53. The summed E-state index contributed by atoms with van der Waals surface area (Å²) in [5.41, 5.74) is 1.22. The molecule has 5 aliphatic rings. The van der Waals surface area contributed by atoms with Crippen LogP contribution in [0.25, 0.3) is 0 Å². The Morgan fingerprint density at radius 3 is 2.35 bits per heavy atom. The minimum absolute atomic E-state index is 0.0152. The van der Waals surface area contributed by atoms with Crippen molar-refractivity contribution in [3.8, 4) is 0 Å². The maximum absolute atomic E-state index is 12.9. The molecule has 0 aromatic carbocycles. The molecule has 1 atom stereocenters. The van der Waals surface area contributed by atoms with Gasteiger partial charge in [0.2, 0.25) is 11.8 Å². The van der Waals surface area contributed by atoms with Gasteiger partial charge in [0.05, 0.1) is 18.2 Å². The molecule has 7 nitrogen and oxygen atoms in total. The van der Waals surface area contributed by atoms with Gasteiger partial charge in [-0.25, -0.2) is 4.79 Å². The fourth-order valence-electron chi connectivity index (χ4n) is 6.87. The van der Waals surface area contributed by atoms with Gasteiger partial charge in [0.15, 0.2) is 5.17 Å². The Morgan fingerprint density at radius 1 is 1.18 bits per heavy atom. The zero-order valence-electron chi connectivity index (χ0n) is 20.2. The predicted molar refractivity (Wildman–Crippen MR) is 136 cm³/mol. The van der Waals surface area contributed by atoms with Gasteiger partial charge in [-0.15, -0.1) is 11.3 Å². The number of amides is 2. The van der Waals surface area contributed by atoms with E-state index < -0.39 is 11.2 Å². The van der Waals surface area contributed by atoms with Crippen LogP contribution < -0.4 is 10.6 Å². The molecule has 6 rings (SSSR count). The first kappa shape index (κ1) is 23.9. The van der Waals surface area contributed by atoms with E-state index in [-0.39, 0.29) is 29.7 Å². The molecule has 2 heterocycles. The fourth-order valence-corrected chi connectivity index (χ4v) is 9.16. The van der Waals surface area contributed by atoms with E-state index in [9.17, 15) is 14.4 Å². The van der Waals surface area contributed by atoms with Crippen molar-refractivity contribution < 1.29 is 19.1 Å². The van der Waals surface area contributed by atoms with Crippen molar-refractivity contribution in [1.29, 1.82) is 0 Å². The summed E-state index contributed by atoms with van der Waals surface area (Å²) in [4.78, 5) is 44.1. The highest BCUT2D eigenvalue weighted by atomic mass is 32.2. The van der Waals surface area contributed by atoms with Crippen molar-refractivity contribution in [3.63, 3.8) is 0 Å². The highest BCUT2D eigenvalue weighted by Gasteiger charge is 2.51. The second kappa shape index (κ2) is 8.97. The smallest absolute Gasteiger partial charge is 0.341 e. The number of carbonyl (C=O) groups excluding carboxylic acids is 3. The van der Waals surface area contributed by atoms with E-state index in [2.05, 4.69) is 24.5 Å². The van der Waals surface area contributed by atoms with Crippen molar-refractivity contribution in [2.75, 3.05) is 12.4 Å². The van der Waals surface area contributed by atoms with Crippen LogP contribution in [0, 0.1) is 24.7 Å². The summed E-state index contributed by atoms with van der Waals surface area (Å²) in [5, 5.41) is 6.46. The monoisotopic (exact) mass is 503 g/mol. The quantitative estimate of drug-likeness (QED) is 0.541. The largest absolute Gasteiger partial charge is 0.465 e. The van der Waals surface area contributed by atoms with Crippen LogP contribution in [0.4, 0.5) is 5.00 Å². The summed E-state index contributed by atoms with van der Waals surface area (Å²) >= 11 is 2.77. The number of nitrogens with one attached hydrogen (secondary N) is 2. The van der Waals surface area contributed by atoms with Gasteiger partial charge in [-0.05, 0) is 74.7 Å². The van der Waals surface area contributed by atoms with E-state index >= 15 is 0 Å². The number of thioether (sulfide) groups is 1. The highest BCUT2D eigenvalue weighted by molar-refractivity contribution is 8.15. The molecule has 4 bridgehead atoms. The number of esters is 1. The molecule has 1 unspecified atom stereocenters. The van der Waals surface area contributed by atoms with E-state index in [0.29, 0.717) is 15.7 Å². The van der Waals surface area contributed by atoms with Crippen LogP contribution in [0.2, 0.25) is 0 Å². The topological polar surface area (TPSA) is 96.9 Å². The standard InChI is InChI=1S/C25H33N3O4S2/c1-12(2)20-13(3)19(23(31)32-4)22(34-20)26-18(29)8-17-21(30)27-24(33-17)28-25-9-14-5-15(10-25)7-16(6-14)11-25/h12,14-17H,5-11H2,1-4H3,(H,26,29)(H,27,28,30). The first-order chi connectivity index (χ1) is 16.2. The van der Waals surface area contributed by atoms with Gasteiger partial charge >= 0.3 is 5.97 Å². The normalized spacial score (nSPS) is 33.0. The molecule has 1 aliphatic heterocycles. The molecule has 2 amide bonds. The molecule has 1 aromatic heterocycles. The summed E-state index contributed by atoms with van der Waals surface area (Å²) in [7, 11) is 1.34. The van der Waals surface area contributed by atoms with Gasteiger partial charge in [0, 0.05) is 11.3 Å². The molecule has 4 saturated carbocycles. The van der Waals surface area contributed by atoms with Crippen LogP contribution >= 0.6 is 23.1 Å². The van der Waals surface area contributed by atoms with Crippen LogP contribution in [-0.2, 0) is 14.3 Å². The molecule has 34 heavy (non-hydrogen) atoms. The zero-order chi connectivity index (χ0) is 24.2. The van der Waals surface area contributed by atoms with Crippen LogP contribution in [-0.4, -0.2) is 40.8 Å². The van der Waals surface area contributed by atoms with E-state index in [1.54, 1.807) is 0 Å². The number of aliphatic imine (C=N–C) groups is 1. The summed E-state index contributed by atoms with van der Waals surface area (Å²) in [6.45, 7) is 5.98. The van der Waals surface area contributed by atoms with Crippen molar-refractivity contribution in [3.05, 3.63) is 16.0 Å². The molecule has 2 N–H and O–H groups in total. The van der Waals surface area contributed by atoms with E-state index in [1.807, 2.05) is 6.92 Å². The summed E-state index contributed by atoms with van der Waals surface area (Å²) in [5.74, 6) is 1.66. The Labute approximate surface area is 208 Å². The predicted octanol–water partition coefficient (Wildman–Crippen LogP) is 4.85. The fraction of sp³-hybridized carbons (Fsp3) is 0.680. The zero-order valence-corrected chi connectivity index (χ0v) is 21.9. The molecule has 1 aromatic rings. The Morgan fingerprint density at radius 2 is 1.79 bits per heavy atom. The molecular formula is C25H33N3O4S2. The molecular weight excluding hydrogens is 470 g/mol. The van der Waals surface area contributed by atoms with Gasteiger partial charge < -0.3 is 15.4 Å². The van der Waals surface area contributed by atoms with Gasteiger partial charge in [0.1, 0.15) is 10.3 Å². The van der Waals surface area contributed by atoms with Gasteiger partial charge in [-0.1, -0.05) is 25.6 Å². The lowest BCUT2D eigenvalue weighted by molar-refractivity contribution is -0.122. The number of methoxy groups -OCH3 is 1. The minimum Gasteiger partial charge on any atom is -0.465 e. The van der Waals surface area contributed by atoms with E-state index in [0.717, 1.165) is 47.5 Å². The number of anilines is 1. The maximum atomic E-state index is 12.9. The van der Waals surface area contributed by atoms with Crippen LogP contribution in [0.15, 0.2) is 4.99 Å². The van der Waals surface area contributed by atoms with Crippen molar-refractivity contribution in [1.82, 2.24) is 5.32 Å². The average molecular weight is 504 g/mol. The van der Waals surface area contributed by atoms with Crippen molar-refractivity contribution in [2.24, 2.45) is 22.7 Å². The first-order valence-corrected chi connectivity index (χ1v) is 13.9. The summed E-state index contributed by atoms with van der Waals surface area (Å²) in [6.07, 6.45) is 7.48. The molecule has 184 valence electrons. The first-order valence-electron chi connectivity index (χ1n) is 12.2. The maximum Gasteiger partial charge on any atom is 0.341 e. The number of carbonyl (C=O) groups is 3. The Bertz CT molecular complexity index is 1030. The number of nitrogens with zero attached hydrogens (tertiary/aromatic N) is 1. The summed E-state index contributed by atoms with van der Waals surface area (Å²) in [6, 6.07) is 0. The second-order valence-electron chi connectivity index (χ2n) is 10.8. The lowest BCUT2D eigenvalue weighted by Gasteiger charge is -2.55. The Hall–Kier alpha value is -1.87. The summed E-state index contributed by atoms with van der Waals surface area (Å²) < 4.78 is 4.94. The second-order valence-corrected chi connectivity index (χ2v) is 13.1. The molecule has 9 heteroatoms. The Kier molecular flexibility index (Phi) is 6.29. The SMILES string of the molecule is COC(=O)c1c(NC(=O)CC2SC(=NC34CC5CC(CC(C5)C3)C4)NC2=O)sc(C(C)C)c1C. The van der Waals surface area contributed by atoms with E-state index in [4.69, 9.17) is 9.73 Å². The van der Waals surface area contributed by atoms with Crippen molar-refractivity contribution >= 4 is 51.1 Å². The van der Waals surface area contributed by atoms with Gasteiger partial charge in [0.25, 0.3) is 0 Å². The number of rotatable bonds is 6. The van der Waals surface area contributed by atoms with Crippen LogP contribution in [0.3, 0.4) is 0 Å². The van der Waals surface area contributed by atoms with Gasteiger partial charge in [-0.2, -0.15) is 0 Å². The average Bonchev–Trinajstić information content (AvgIpc) is 3.24. The molecule has 0 radical (unpaired) electrons. The molecule has 1 saturated heterocycles. The third-order valence-electron chi connectivity index (χ3n) is 7.84. The lowest BCUT2D eigenvalue weighted by Crippen LogP contribution is -2.50. The van der Waals surface area contributed by atoms with Gasteiger partial charge in [-0.3, -0.25) is 14.6 Å². The van der Waals surface area contributed by atoms with Crippen LogP contribution in [0.1, 0.15) is 85.5 Å². The number of thiophene rings is 1. The number of amidine groups is 1. The van der Waals surface area contributed by atoms with Crippen molar-refractivity contribution in [2.45, 2.75) is 82.4 Å². The highest BCUT2D eigenvalue weighted by Crippen LogP contribution is 2.57. The molecule has 4 aliphatic carbocycles. The third-order valence-corrected chi connectivity index (χ3v) is 10.4. The molecule has 5 fully saturated rings. The minimum atomic E-state index is -0.514. The number of hydrogen-bond acceptors (Lipinski definition) is 7. The number of hydrogen-bond donors (Lipinski definition) is 2.